The molecule has 0 atom stereocenters. The van der Waals surface area contributed by atoms with Gasteiger partial charge in [-0.2, -0.15) is 4.31 Å². The Bertz CT molecular complexity index is 1130. The Hall–Kier alpha value is -3.17. The Balaban J connectivity index is 1.74. The number of nitrogens with zero attached hydrogens (tertiary/aromatic N) is 2. The lowest BCUT2D eigenvalue weighted by Gasteiger charge is -2.16. The Labute approximate surface area is 175 Å². The van der Waals surface area contributed by atoms with Gasteiger partial charge < -0.3 is 14.3 Å². The predicted octanol–water partition coefficient (Wildman–Crippen LogP) is 3.92. The van der Waals surface area contributed by atoms with Gasteiger partial charge in [0, 0.05) is 13.5 Å². The second kappa shape index (κ2) is 9.10. The van der Waals surface area contributed by atoms with Gasteiger partial charge in [0.05, 0.1) is 17.7 Å². The molecule has 1 amide bonds. The lowest BCUT2D eigenvalue weighted by atomic mass is 10.2. The highest BCUT2D eigenvalue weighted by molar-refractivity contribution is 7.89. The van der Waals surface area contributed by atoms with Crippen LogP contribution in [0.5, 0.6) is 0 Å². The van der Waals surface area contributed by atoms with Crippen LogP contribution in [0.15, 0.2) is 56.5 Å². The third kappa shape index (κ3) is 4.87. The number of carbonyl (C=O) groups excluding carboxylic acids is 1. The minimum Gasteiger partial charge on any atom is -0.468 e. The van der Waals surface area contributed by atoms with Crippen LogP contribution in [-0.2, 0) is 21.4 Å². The number of hydrogen-bond acceptors (Lipinski definition) is 6. The highest BCUT2D eigenvalue weighted by Crippen LogP contribution is 2.23. The average Bonchev–Trinajstić information content (AvgIpc) is 3.37. The molecule has 0 radical (unpaired) electrons. The normalized spacial score (nSPS) is 12.0. The summed E-state index contributed by atoms with van der Waals surface area (Å²) < 4.78 is 37.2. The quantitative estimate of drug-likeness (QED) is 0.582. The maximum Gasteiger partial charge on any atom is 0.243 e. The molecule has 1 aromatic carbocycles. The van der Waals surface area contributed by atoms with Gasteiger partial charge in [-0.1, -0.05) is 30.3 Å². The fourth-order valence-corrected chi connectivity index (χ4v) is 3.83. The van der Waals surface area contributed by atoms with E-state index in [0.29, 0.717) is 29.3 Å². The first-order valence-electron chi connectivity index (χ1n) is 9.34. The van der Waals surface area contributed by atoms with Crippen LogP contribution in [0, 0.1) is 6.92 Å². The zero-order chi connectivity index (χ0) is 21.7. The van der Waals surface area contributed by atoms with Gasteiger partial charge in [0.25, 0.3) is 0 Å². The van der Waals surface area contributed by atoms with Crippen LogP contribution in [0.4, 0.5) is 5.69 Å². The van der Waals surface area contributed by atoms with E-state index in [4.69, 9.17) is 8.94 Å². The molecule has 2 heterocycles. The summed E-state index contributed by atoms with van der Waals surface area (Å²) in [6.45, 7) is 3.65. The molecule has 0 aliphatic heterocycles. The summed E-state index contributed by atoms with van der Waals surface area (Å²) in [5.41, 5.74) is 1.87. The molecule has 2 aromatic heterocycles. The Kier molecular flexibility index (Phi) is 6.53. The van der Waals surface area contributed by atoms with E-state index in [0.717, 1.165) is 5.56 Å². The summed E-state index contributed by atoms with van der Waals surface area (Å²) >= 11 is 0. The molecule has 1 N–H and O–H groups in total. The van der Waals surface area contributed by atoms with E-state index in [-0.39, 0.29) is 17.3 Å². The molecule has 0 bridgehead atoms. The smallest absolute Gasteiger partial charge is 0.243 e. The second-order valence-electron chi connectivity index (χ2n) is 6.65. The van der Waals surface area contributed by atoms with Crippen LogP contribution in [0.2, 0.25) is 0 Å². The molecule has 3 aromatic rings. The molecule has 0 saturated heterocycles. The van der Waals surface area contributed by atoms with Crippen LogP contribution in [0.1, 0.15) is 36.1 Å². The van der Waals surface area contributed by atoms with Crippen molar-refractivity contribution in [3.63, 3.8) is 0 Å². The first-order chi connectivity index (χ1) is 14.3. The van der Waals surface area contributed by atoms with Crippen LogP contribution in [0.3, 0.4) is 0 Å². The molecule has 0 aliphatic carbocycles. The Morgan fingerprint density at radius 2 is 1.93 bits per heavy atom. The topological polar surface area (TPSA) is 106 Å². The standard InChI is InChI=1S/C21H23N3O5S/c1-4-20(25)22-21-15(2)23-29-19(21)12-9-16-7-10-18(11-8-16)30(26,27)24(3)14-17-6-5-13-28-17/h5-13H,4,14H2,1-3H3,(H,22,25). The number of nitrogens with one attached hydrogen (secondary N) is 1. The molecule has 0 spiro atoms. The molecule has 0 fully saturated rings. The van der Waals surface area contributed by atoms with Crippen LogP contribution < -0.4 is 5.32 Å². The average molecular weight is 429 g/mol. The van der Waals surface area contributed by atoms with Crippen molar-refractivity contribution in [1.82, 2.24) is 9.46 Å². The number of hydrogen-bond donors (Lipinski definition) is 1. The van der Waals surface area contributed by atoms with E-state index in [2.05, 4.69) is 10.5 Å². The van der Waals surface area contributed by atoms with E-state index in [1.807, 2.05) is 0 Å². The number of benzene rings is 1. The highest BCUT2D eigenvalue weighted by atomic mass is 32.2. The van der Waals surface area contributed by atoms with Crippen molar-refractivity contribution in [2.45, 2.75) is 31.7 Å². The first kappa shape index (κ1) is 21.5. The molecular formula is C21H23N3O5S. The SMILES string of the molecule is CCC(=O)Nc1c(C)noc1C=Cc1ccc(S(=O)(=O)N(C)Cc2ccco2)cc1. The maximum atomic E-state index is 12.7. The number of aromatic nitrogens is 1. The van der Waals surface area contributed by atoms with E-state index < -0.39 is 10.0 Å². The molecule has 158 valence electrons. The summed E-state index contributed by atoms with van der Waals surface area (Å²) in [5, 5.41) is 6.64. The van der Waals surface area contributed by atoms with Gasteiger partial charge in [-0.25, -0.2) is 8.42 Å². The molecule has 9 heteroatoms. The number of carbonyl (C=O) groups is 1. The van der Waals surface area contributed by atoms with Crippen LogP contribution in [-0.4, -0.2) is 30.8 Å². The zero-order valence-corrected chi connectivity index (χ0v) is 17.8. The number of rotatable bonds is 8. The second-order valence-corrected chi connectivity index (χ2v) is 8.70. The molecule has 30 heavy (non-hydrogen) atoms. The number of aryl methyl sites for hydroxylation is 1. The minimum atomic E-state index is -3.65. The van der Waals surface area contributed by atoms with Gasteiger partial charge in [-0.05, 0) is 42.8 Å². The number of amides is 1. The van der Waals surface area contributed by atoms with Crippen LogP contribution in [0.25, 0.3) is 12.2 Å². The maximum absolute atomic E-state index is 12.7. The lowest BCUT2D eigenvalue weighted by Crippen LogP contribution is -2.26. The largest absolute Gasteiger partial charge is 0.468 e. The lowest BCUT2D eigenvalue weighted by molar-refractivity contribution is -0.115. The molecule has 0 saturated carbocycles. The van der Waals surface area contributed by atoms with Crippen molar-refractivity contribution >= 4 is 33.8 Å². The molecule has 8 nitrogen and oxygen atoms in total. The predicted molar refractivity (Wildman–Crippen MR) is 113 cm³/mol. The van der Waals surface area contributed by atoms with Gasteiger partial charge in [0.1, 0.15) is 17.1 Å². The molecule has 0 unspecified atom stereocenters. The molecular weight excluding hydrogens is 406 g/mol. The third-order valence-corrected chi connectivity index (χ3v) is 6.27. The van der Waals surface area contributed by atoms with Crippen molar-refractivity contribution in [3.8, 4) is 0 Å². The first-order valence-corrected chi connectivity index (χ1v) is 10.8. The van der Waals surface area contributed by atoms with Gasteiger partial charge >= 0.3 is 0 Å². The summed E-state index contributed by atoms with van der Waals surface area (Å²) in [5.74, 6) is 0.849. The van der Waals surface area contributed by atoms with Crippen molar-refractivity contribution in [2.75, 3.05) is 12.4 Å². The van der Waals surface area contributed by atoms with Crippen molar-refractivity contribution in [3.05, 3.63) is 65.4 Å². The Morgan fingerprint density at radius 1 is 1.20 bits per heavy atom. The van der Waals surface area contributed by atoms with Gasteiger partial charge in [0.2, 0.25) is 15.9 Å². The van der Waals surface area contributed by atoms with Crippen LogP contribution >= 0.6 is 0 Å². The van der Waals surface area contributed by atoms with Gasteiger partial charge in [0.15, 0.2) is 5.76 Å². The number of sulfonamides is 1. The minimum absolute atomic E-state index is 0.135. The summed E-state index contributed by atoms with van der Waals surface area (Å²) in [4.78, 5) is 11.9. The monoisotopic (exact) mass is 429 g/mol. The van der Waals surface area contributed by atoms with Crippen molar-refractivity contribution in [2.24, 2.45) is 0 Å². The molecule has 0 aliphatic rings. The van der Waals surface area contributed by atoms with Crippen molar-refractivity contribution in [1.29, 1.82) is 0 Å². The summed E-state index contributed by atoms with van der Waals surface area (Å²) in [7, 11) is -2.14. The Morgan fingerprint density at radius 3 is 2.57 bits per heavy atom. The third-order valence-electron chi connectivity index (χ3n) is 4.45. The molecule has 3 rings (SSSR count). The van der Waals surface area contributed by atoms with E-state index in [1.165, 1.54) is 17.6 Å². The summed E-state index contributed by atoms with van der Waals surface area (Å²) in [6, 6.07) is 9.90. The fourth-order valence-electron chi connectivity index (χ4n) is 2.69. The number of anilines is 1. The van der Waals surface area contributed by atoms with Gasteiger partial charge in [-0.3, -0.25) is 4.79 Å². The van der Waals surface area contributed by atoms with Gasteiger partial charge in [-0.15, -0.1) is 0 Å². The van der Waals surface area contributed by atoms with E-state index >= 15 is 0 Å². The highest BCUT2D eigenvalue weighted by Gasteiger charge is 2.21. The summed E-state index contributed by atoms with van der Waals surface area (Å²) in [6.07, 6.45) is 5.28. The number of furan rings is 1. The van der Waals surface area contributed by atoms with Crippen molar-refractivity contribution < 1.29 is 22.2 Å². The fraction of sp³-hybridized carbons (Fsp3) is 0.238. The van der Waals surface area contributed by atoms with E-state index in [1.54, 1.807) is 62.4 Å². The zero-order valence-electron chi connectivity index (χ0n) is 17.0. The van der Waals surface area contributed by atoms with E-state index in [9.17, 15) is 13.2 Å².